The third-order valence-corrected chi connectivity index (χ3v) is 5.67. The van der Waals surface area contributed by atoms with E-state index in [1.54, 1.807) is 17.2 Å². The van der Waals surface area contributed by atoms with E-state index >= 15 is 0 Å². The lowest BCUT2D eigenvalue weighted by Gasteiger charge is -2.32. The first-order valence-electron chi connectivity index (χ1n) is 7.82. The van der Waals surface area contributed by atoms with Gasteiger partial charge in [0, 0.05) is 39.8 Å². The maximum atomic E-state index is 12.9. The summed E-state index contributed by atoms with van der Waals surface area (Å²) in [5.41, 5.74) is 0.987. The molecule has 1 atom stereocenters. The van der Waals surface area contributed by atoms with Crippen LogP contribution in [0.5, 0.6) is 0 Å². The molecule has 2 heterocycles. The molecule has 1 unspecified atom stereocenters. The summed E-state index contributed by atoms with van der Waals surface area (Å²) in [7, 11) is -1.10. The summed E-state index contributed by atoms with van der Waals surface area (Å²) in [5, 5.41) is 0. The molecule has 0 bridgehead atoms. The Morgan fingerprint density at radius 2 is 2.18 bits per heavy atom. The fraction of sp³-hybridized carbons (Fsp3) is 0.625. The highest BCUT2D eigenvalue weighted by molar-refractivity contribution is 6.76. The summed E-state index contributed by atoms with van der Waals surface area (Å²) < 4.78 is 18.6. The van der Waals surface area contributed by atoms with Gasteiger partial charge in [0.1, 0.15) is 6.73 Å². The number of pyridine rings is 1. The molecule has 4 nitrogen and oxygen atoms in total. The van der Waals surface area contributed by atoms with E-state index in [2.05, 4.69) is 24.6 Å². The summed E-state index contributed by atoms with van der Waals surface area (Å²) >= 11 is 0. The number of likely N-dealkylation sites (tertiary alicyclic amines) is 1. The van der Waals surface area contributed by atoms with Crippen molar-refractivity contribution in [2.24, 2.45) is 0 Å². The lowest BCUT2D eigenvalue weighted by atomic mass is 9.91. The van der Waals surface area contributed by atoms with Gasteiger partial charge in [0.05, 0.1) is 0 Å². The average Bonchev–Trinajstić information content (AvgIpc) is 2.45. The van der Waals surface area contributed by atoms with E-state index in [-0.39, 0.29) is 11.8 Å². The van der Waals surface area contributed by atoms with Crippen molar-refractivity contribution in [2.45, 2.75) is 44.4 Å². The van der Waals surface area contributed by atoms with E-state index in [0.717, 1.165) is 18.0 Å². The Balaban J connectivity index is 1.85. The molecule has 1 amide bonds. The van der Waals surface area contributed by atoms with E-state index in [4.69, 9.17) is 4.74 Å². The molecule has 1 aliphatic heterocycles. The van der Waals surface area contributed by atoms with Gasteiger partial charge in [0.25, 0.3) is 0 Å². The largest absolute Gasteiger partial charge is 0.361 e. The Morgan fingerprint density at radius 1 is 1.41 bits per heavy atom. The molecular weight excluding hydrogens is 299 g/mol. The van der Waals surface area contributed by atoms with Crippen molar-refractivity contribution >= 4 is 14.0 Å². The number of hydrogen-bond donors (Lipinski definition) is 0. The molecular formula is C16H25FN2O2Si. The first-order valence-corrected chi connectivity index (χ1v) is 11.5. The SMILES string of the molecule is C[Si](C)(C)CCOCN1CC(c2ccc(F)nc2)CCC1=O. The third-order valence-electron chi connectivity index (χ3n) is 3.97. The Labute approximate surface area is 132 Å². The fourth-order valence-electron chi connectivity index (χ4n) is 2.49. The first-order chi connectivity index (χ1) is 10.3. The van der Waals surface area contributed by atoms with Crippen molar-refractivity contribution in [2.75, 3.05) is 19.9 Å². The molecule has 1 aliphatic rings. The standard InChI is InChI=1S/C16H25FN2O2Si/c1-22(2,3)9-8-21-12-19-11-14(5-7-16(19)20)13-4-6-15(17)18-10-13/h4,6,10,14H,5,7-9,11-12H2,1-3H3. The predicted molar refractivity (Wildman–Crippen MR) is 86.9 cm³/mol. The summed E-state index contributed by atoms with van der Waals surface area (Å²) in [4.78, 5) is 17.5. The molecule has 2 rings (SSSR count). The highest BCUT2D eigenvalue weighted by Gasteiger charge is 2.27. The fourth-order valence-corrected chi connectivity index (χ4v) is 3.25. The number of halogens is 1. The van der Waals surface area contributed by atoms with Gasteiger partial charge >= 0.3 is 0 Å². The average molecular weight is 324 g/mol. The molecule has 1 aromatic rings. The number of nitrogens with zero attached hydrogens (tertiary/aromatic N) is 2. The second-order valence-corrected chi connectivity index (χ2v) is 12.7. The Morgan fingerprint density at radius 3 is 2.82 bits per heavy atom. The van der Waals surface area contributed by atoms with E-state index in [0.29, 0.717) is 26.3 Å². The summed E-state index contributed by atoms with van der Waals surface area (Å²) in [6, 6.07) is 4.23. The van der Waals surface area contributed by atoms with Gasteiger partial charge in [-0.25, -0.2) is 4.98 Å². The van der Waals surface area contributed by atoms with Gasteiger partial charge in [0.15, 0.2) is 0 Å². The molecule has 6 heteroatoms. The second kappa shape index (κ2) is 7.33. The van der Waals surface area contributed by atoms with Crippen LogP contribution in [0.4, 0.5) is 4.39 Å². The van der Waals surface area contributed by atoms with Crippen molar-refractivity contribution in [1.82, 2.24) is 9.88 Å². The number of carbonyl (C=O) groups excluding carboxylic acids is 1. The predicted octanol–water partition coefficient (Wildman–Crippen LogP) is 3.24. The molecule has 22 heavy (non-hydrogen) atoms. The molecule has 0 saturated carbocycles. The minimum absolute atomic E-state index is 0.138. The number of hydrogen-bond acceptors (Lipinski definition) is 3. The number of amides is 1. The zero-order chi connectivity index (χ0) is 16.2. The van der Waals surface area contributed by atoms with Crippen LogP contribution in [-0.2, 0) is 9.53 Å². The van der Waals surface area contributed by atoms with Crippen LogP contribution in [0.2, 0.25) is 25.7 Å². The molecule has 0 N–H and O–H groups in total. The first kappa shape index (κ1) is 17.1. The van der Waals surface area contributed by atoms with Gasteiger partial charge < -0.3 is 9.64 Å². The van der Waals surface area contributed by atoms with E-state index in [1.807, 2.05) is 0 Å². The van der Waals surface area contributed by atoms with Crippen LogP contribution in [-0.4, -0.2) is 43.7 Å². The van der Waals surface area contributed by atoms with Crippen LogP contribution in [0.25, 0.3) is 0 Å². The Kier molecular flexibility index (Phi) is 5.69. The highest BCUT2D eigenvalue weighted by Crippen LogP contribution is 2.27. The van der Waals surface area contributed by atoms with Crippen molar-refractivity contribution in [3.05, 3.63) is 29.8 Å². The topological polar surface area (TPSA) is 42.4 Å². The van der Waals surface area contributed by atoms with Crippen molar-refractivity contribution in [1.29, 1.82) is 0 Å². The van der Waals surface area contributed by atoms with E-state index in [1.165, 1.54) is 6.07 Å². The van der Waals surface area contributed by atoms with Crippen molar-refractivity contribution in [3.63, 3.8) is 0 Å². The van der Waals surface area contributed by atoms with Crippen LogP contribution < -0.4 is 0 Å². The minimum Gasteiger partial charge on any atom is -0.361 e. The van der Waals surface area contributed by atoms with Gasteiger partial charge in [-0.2, -0.15) is 4.39 Å². The highest BCUT2D eigenvalue weighted by atomic mass is 28.3. The zero-order valence-electron chi connectivity index (χ0n) is 13.6. The van der Waals surface area contributed by atoms with E-state index in [9.17, 15) is 9.18 Å². The third kappa shape index (κ3) is 5.17. The van der Waals surface area contributed by atoms with Gasteiger partial charge in [-0.3, -0.25) is 4.79 Å². The molecule has 0 radical (unpaired) electrons. The molecule has 0 aromatic carbocycles. The van der Waals surface area contributed by atoms with Gasteiger partial charge in [-0.15, -0.1) is 0 Å². The molecule has 122 valence electrons. The quantitative estimate of drug-likeness (QED) is 0.458. The lowest BCUT2D eigenvalue weighted by Crippen LogP contribution is -2.40. The van der Waals surface area contributed by atoms with Crippen molar-refractivity contribution < 1.29 is 13.9 Å². The molecule has 0 spiro atoms. The van der Waals surface area contributed by atoms with Crippen molar-refractivity contribution in [3.8, 4) is 0 Å². The lowest BCUT2D eigenvalue weighted by molar-refractivity contribution is -0.139. The van der Waals surface area contributed by atoms with Crippen LogP contribution in [0, 0.1) is 5.95 Å². The summed E-state index contributed by atoms with van der Waals surface area (Å²) in [5.74, 6) is -0.118. The normalized spacial score (nSPS) is 19.5. The number of rotatable bonds is 6. The molecule has 1 fully saturated rings. The Bertz CT molecular complexity index is 502. The summed E-state index contributed by atoms with van der Waals surface area (Å²) in [6.45, 7) is 8.61. The molecule has 0 aliphatic carbocycles. The monoisotopic (exact) mass is 324 g/mol. The maximum Gasteiger partial charge on any atom is 0.224 e. The smallest absolute Gasteiger partial charge is 0.224 e. The number of piperidine rings is 1. The Hall–Kier alpha value is -1.27. The van der Waals surface area contributed by atoms with E-state index < -0.39 is 14.0 Å². The maximum absolute atomic E-state index is 12.9. The number of ether oxygens (including phenoxy) is 1. The summed E-state index contributed by atoms with van der Waals surface area (Å²) in [6.07, 6.45) is 2.87. The van der Waals surface area contributed by atoms with Crippen LogP contribution in [0.15, 0.2) is 18.3 Å². The van der Waals surface area contributed by atoms with Crippen LogP contribution in [0.1, 0.15) is 24.3 Å². The van der Waals surface area contributed by atoms with Gasteiger partial charge in [0.2, 0.25) is 11.9 Å². The molecule has 1 aromatic heterocycles. The van der Waals surface area contributed by atoms with Gasteiger partial charge in [-0.1, -0.05) is 25.7 Å². The zero-order valence-corrected chi connectivity index (χ0v) is 14.6. The number of carbonyl (C=O) groups is 1. The molecule has 1 saturated heterocycles. The minimum atomic E-state index is -1.10. The number of aromatic nitrogens is 1. The van der Waals surface area contributed by atoms with Crippen LogP contribution >= 0.6 is 0 Å². The van der Waals surface area contributed by atoms with Gasteiger partial charge in [-0.05, 0) is 24.1 Å². The van der Waals surface area contributed by atoms with Crippen LogP contribution in [0.3, 0.4) is 0 Å². The second-order valence-electron chi connectivity index (χ2n) is 7.11.